The molecule has 0 amide bonds. The minimum Gasteiger partial charge on any atom is -0.498 e. The summed E-state index contributed by atoms with van der Waals surface area (Å²) in [5.41, 5.74) is 4.63. The van der Waals surface area contributed by atoms with Gasteiger partial charge in [-0.2, -0.15) is 0 Å². The number of carbonyl (C=O) groups is 3. The normalized spacial score (nSPS) is 29.5. The molecule has 22 heavy (non-hydrogen) atoms. The van der Waals surface area contributed by atoms with Gasteiger partial charge in [0.1, 0.15) is 5.54 Å². The molecule has 5 N–H and O–H groups in total. The molecule has 10 heteroatoms. The van der Waals surface area contributed by atoms with Gasteiger partial charge in [-0.1, -0.05) is 6.42 Å². The third kappa shape index (κ3) is 3.96. The molecule has 2 rings (SSSR count). The molecule has 2 aliphatic rings. The minimum atomic E-state index is -1.28. The van der Waals surface area contributed by atoms with E-state index in [0.29, 0.717) is 25.7 Å². The standard InChI is InChI=1S/C12H20BN3O6/c14-12(11(19)20)7-16-4-8(12)2-1-3-13-21-9(17)5-15-6-10(18)22-13/h8,15-16H,1-7,14H2,(H,19,20). The highest BCUT2D eigenvalue weighted by molar-refractivity contribution is 6.49. The maximum Gasteiger partial charge on any atom is 0.598 e. The Morgan fingerprint density at radius 1 is 1.32 bits per heavy atom. The summed E-state index contributed by atoms with van der Waals surface area (Å²) < 4.78 is 10.0. The SMILES string of the molecule is NC1(C(=O)O)CNCC1CCCB1OC(=O)CNCC(=O)O1. The van der Waals surface area contributed by atoms with Crippen molar-refractivity contribution in [3.8, 4) is 0 Å². The summed E-state index contributed by atoms with van der Waals surface area (Å²) in [6.45, 7) is 0.676. The molecule has 2 heterocycles. The van der Waals surface area contributed by atoms with Crippen molar-refractivity contribution >= 4 is 25.0 Å². The Balaban J connectivity index is 1.82. The number of rotatable bonds is 5. The number of carboxylic acids is 1. The van der Waals surface area contributed by atoms with Crippen LogP contribution in [-0.2, 0) is 23.7 Å². The molecule has 0 bridgehead atoms. The van der Waals surface area contributed by atoms with E-state index in [-0.39, 0.29) is 25.6 Å². The Bertz CT molecular complexity index is 444. The van der Waals surface area contributed by atoms with Gasteiger partial charge in [-0.3, -0.25) is 19.7 Å². The van der Waals surface area contributed by atoms with Gasteiger partial charge in [0, 0.05) is 25.3 Å². The number of hydrogen-bond acceptors (Lipinski definition) is 8. The molecule has 0 aromatic heterocycles. The minimum absolute atomic E-state index is 0.0386. The first kappa shape index (κ1) is 16.7. The molecule has 2 fully saturated rings. The fourth-order valence-corrected chi connectivity index (χ4v) is 2.71. The molecular weight excluding hydrogens is 293 g/mol. The van der Waals surface area contributed by atoms with Gasteiger partial charge >= 0.3 is 25.0 Å². The number of nitrogens with one attached hydrogen (secondary N) is 2. The van der Waals surface area contributed by atoms with Gasteiger partial charge in [0.2, 0.25) is 0 Å². The van der Waals surface area contributed by atoms with Crippen LogP contribution in [0.5, 0.6) is 0 Å². The lowest BCUT2D eigenvalue weighted by molar-refractivity contribution is -0.144. The van der Waals surface area contributed by atoms with Crippen molar-refractivity contribution in [1.82, 2.24) is 10.6 Å². The van der Waals surface area contributed by atoms with Crippen LogP contribution < -0.4 is 16.4 Å². The van der Waals surface area contributed by atoms with E-state index < -0.39 is 30.6 Å². The molecule has 122 valence electrons. The van der Waals surface area contributed by atoms with Gasteiger partial charge in [0.25, 0.3) is 0 Å². The smallest absolute Gasteiger partial charge is 0.498 e. The van der Waals surface area contributed by atoms with Gasteiger partial charge in [0.15, 0.2) is 0 Å². The maximum absolute atomic E-state index is 11.4. The van der Waals surface area contributed by atoms with Crippen molar-refractivity contribution in [1.29, 1.82) is 0 Å². The monoisotopic (exact) mass is 313 g/mol. The first-order chi connectivity index (χ1) is 10.4. The lowest BCUT2D eigenvalue weighted by Crippen LogP contribution is -2.54. The molecule has 0 aliphatic carbocycles. The summed E-state index contributed by atoms with van der Waals surface area (Å²) in [7, 11) is -0.923. The maximum atomic E-state index is 11.4. The summed E-state index contributed by atoms with van der Waals surface area (Å²) in [5, 5.41) is 14.8. The van der Waals surface area contributed by atoms with Crippen molar-refractivity contribution in [2.75, 3.05) is 26.2 Å². The van der Waals surface area contributed by atoms with Gasteiger partial charge < -0.3 is 25.5 Å². The van der Waals surface area contributed by atoms with E-state index in [1.165, 1.54) is 0 Å². The molecule has 0 aromatic carbocycles. The van der Waals surface area contributed by atoms with E-state index in [2.05, 4.69) is 10.6 Å². The van der Waals surface area contributed by atoms with E-state index in [0.717, 1.165) is 0 Å². The Labute approximate surface area is 128 Å². The predicted octanol–water partition coefficient (Wildman–Crippen LogP) is -2.05. The van der Waals surface area contributed by atoms with E-state index >= 15 is 0 Å². The van der Waals surface area contributed by atoms with Crippen LogP contribution in [0.4, 0.5) is 0 Å². The summed E-state index contributed by atoms with van der Waals surface area (Å²) >= 11 is 0. The third-order valence-electron chi connectivity index (χ3n) is 3.99. The van der Waals surface area contributed by atoms with Crippen molar-refractivity contribution < 1.29 is 28.8 Å². The molecule has 2 atom stereocenters. The molecule has 0 spiro atoms. The Morgan fingerprint density at radius 2 is 1.95 bits per heavy atom. The second kappa shape index (κ2) is 7.08. The van der Waals surface area contributed by atoms with Crippen molar-refractivity contribution in [3.63, 3.8) is 0 Å². The summed E-state index contributed by atoms with van der Waals surface area (Å²) in [6, 6.07) is 0. The number of carboxylic acid groups (broad SMARTS) is 1. The molecule has 0 radical (unpaired) electrons. The number of carbonyl (C=O) groups excluding carboxylic acids is 2. The van der Waals surface area contributed by atoms with Crippen LogP contribution in [0.1, 0.15) is 12.8 Å². The van der Waals surface area contributed by atoms with Crippen molar-refractivity contribution in [3.05, 3.63) is 0 Å². The van der Waals surface area contributed by atoms with Crippen LogP contribution in [0.15, 0.2) is 0 Å². The largest absolute Gasteiger partial charge is 0.598 e. The summed E-state index contributed by atoms with van der Waals surface area (Å²) in [5.74, 6) is -2.22. The fourth-order valence-electron chi connectivity index (χ4n) is 2.71. The Hall–Kier alpha value is -1.65. The zero-order chi connectivity index (χ0) is 16.2. The van der Waals surface area contributed by atoms with Gasteiger partial charge in [-0.05, 0) is 6.42 Å². The highest BCUT2D eigenvalue weighted by Gasteiger charge is 2.45. The second-order valence-corrected chi connectivity index (χ2v) is 5.62. The van der Waals surface area contributed by atoms with Gasteiger partial charge in [-0.15, -0.1) is 0 Å². The lowest BCUT2D eigenvalue weighted by Gasteiger charge is -2.25. The summed E-state index contributed by atoms with van der Waals surface area (Å²) in [6.07, 6.45) is 1.40. The number of hydrogen-bond donors (Lipinski definition) is 4. The molecule has 2 unspecified atom stereocenters. The van der Waals surface area contributed by atoms with Gasteiger partial charge in [-0.25, -0.2) is 0 Å². The highest BCUT2D eigenvalue weighted by atomic mass is 16.6. The Morgan fingerprint density at radius 3 is 2.55 bits per heavy atom. The van der Waals surface area contributed by atoms with E-state index in [1.807, 2.05) is 0 Å². The van der Waals surface area contributed by atoms with Crippen LogP contribution in [0.25, 0.3) is 0 Å². The molecule has 2 saturated heterocycles. The summed E-state index contributed by atoms with van der Waals surface area (Å²) in [4.78, 5) is 34.0. The molecule has 9 nitrogen and oxygen atoms in total. The van der Waals surface area contributed by atoms with Crippen molar-refractivity contribution in [2.24, 2.45) is 11.7 Å². The lowest BCUT2D eigenvalue weighted by atomic mass is 9.77. The average molecular weight is 313 g/mol. The van der Waals surface area contributed by atoms with Crippen molar-refractivity contribution in [2.45, 2.75) is 24.7 Å². The zero-order valence-corrected chi connectivity index (χ0v) is 12.2. The highest BCUT2D eigenvalue weighted by Crippen LogP contribution is 2.25. The van der Waals surface area contributed by atoms with Crippen LogP contribution >= 0.6 is 0 Å². The Kier molecular flexibility index (Phi) is 5.38. The van der Waals surface area contributed by atoms with Crippen LogP contribution in [0.2, 0.25) is 6.32 Å². The average Bonchev–Trinajstić information content (AvgIpc) is 2.80. The van der Waals surface area contributed by atoms with Gasteiger partial charge in [0.05, 0.1) is 13.1 Å². The topological polar surface area (TPSA) is 140 Å². The molecule has 2 aliphatic heterocycles. The first-order valence-electron chi connectivity index (χ1n) is 7.24. The molecule has 0 saturated carbocycles. The fraction of sp³-hybridized carbons (Fsp3) is 0.750. The van der Waals surface area contributed by atoms with E-state index in [9.17, 15) is 19.5 Å². The zero-order valence-electron chi connectivity index (χ0n) is 12.2. The van der Waals surface area contributed by atoms with Crippen LogP contribution in [0.3, 0.4) is 0 Å². The molecule has 0 aromatic rings. The number of nitrogens with two attached hydrogens (primary N) is 1. The quantitative estimate of drug-likeness (QED) is 0.422. The predicted molar refractivity (Wildman–Crippen MR) is 75.8 cm³/mol. The first-order valence-corrected chi connectivity index (χ1v) is 7.24. The molecular formula is C12H20BN3O6. The van der Waals surface area contributed by atoms with Crippen LogP contribution in [-0.4, -0.2) is 61.9 Å². The van der Waals surface area contributed by atoms with Crippen LogP contribution in [0, 0.1) is 5.92 Å². The van der Waals surface area contributed by atoms with E-state index in [4.69, 9.17) is 15.0 Å². The number of aliphatic carboxylic acids is 1. The van der Waals surface area contributed by atoms with E-state index in [1.54, 1.807) is 0 Å². The second-order valence-electron chi connectivity index (χ2n) is 5.62. The third-order valence-corrected chi connectivity index (χ3v) is 3.99.